The lowest BCUT2D eigenvalue weighted by Crippen LogP contribution is -2.27. The van der Waals surface area contributed by atoms with Crippen LogP contribution in [-0.4, -0.2) is 50.1 Å². The Morgan fingerprint density at radius 1 is 1.20 bits per heavy atom. The summed E-state index contributed by atoms with van der Waals surface area (Å²) in [7, 11) is 5.69. The van der Waals surface area contributed by atoms with E-state index in [1.807, 2.05) is 44.4 Å². The molecular weight excluding hydrogens is 316 g/mol. The van der Waals surface area contributed by atoms with E-state index in [-0.39, 0.29) is 5.91 Å². The molecule has 0 atom stereocenters. The molecule has 134 valence electrons. The van der Waals surface area contributed by atoms with E-state index in [0.29, 0.717) is 18.8 Å². The fraction of sp³-hybridized carbons (Fsp3) is 0.368. The number of amides is 1. The number of benzene rings is 1. The monoisotopic (exact) mass is 342 g/mol. The topological polar surface area (TPSA) is 66.5 Å². The summed E-state index contributed by atoms with van der Waals surface area (Å²) in [6.45, 7) is 2.22. The number of nitrogens with one attached hydrogen (secondary N) is 2. The Labute approximate surface area is 149 Å². The van der Waals surface area contributed by atoms with Crippen LogP contribution in [0.1, 0.15) is 22.5 Å². The van der Waals surface area contributed by atoms with Gasteiger partial charge in [0.1, 0.15) is 11.4 Å². The second kappa shape index (κ2) is 9.64. The third-order valence-corrected chi connectivity index (χ3v) is 3.74. The number of pyridine rings is 1. The number of rotatable bonds is 9. The van der Waals surface area contributed by atoms with Crippen molar-refractivity contribution in [2.75, 3.05) is 39.6 Å². The van der Waals surface area contributed by atoms with E-state index in [0.717, 1.165) is 30.0 Å². The molecular formula is C19H26N4O2. The SMILES string of the molecule is COc1ccccc1CNc1ccc(C(=O)NCCCN(C)C)nc1. The molecule has 0 saturated heterocycles. The number of hydrogen-bond donors (Lipinski definition) is 2. The Bertz CT molecular complexity index is 671. The van der Waals surface area contributed by atoms with Crippen LogP contribution in [0.2, 0.25) is 0 Å². The van der Waals surface area contributed by atoms with Crippen LogP contribution in [0.5, 0.6) is 5.75 Å². The van der Waals surface area contributed by atoms with Crippen molar-refractivity contribution in [3.05, 3.63) is 53.9 Å². The van der Waals surface area contributed by atoms with Gasteiger partial charge in [-0.2, -0.15) is 0 Å². The van der Waals surface area contributed by atoms with Crippen molar-refractivity contribution in [3.8, 4) is 5.75 Å². The van der Waals surface area contributed by atoms with Gasteiger partial charge in [0.15, 0.2) is 0 Å². The third-order valence-electron chi connectivity index (χ3n) is 3.74. The van der Waals surface area contributed by atoms with Crippen LogP contribution in [0.25, 0.3) is 0 Å². The van der Waals surface area contributed by atoms with Gasteiger partial charge >= 0.3 is 0 Å². The average Bonchev–Trinajstić information content (AvgIpc) is 2.64. The summed E-state index contributed by atoms with van der Waals surface area (Å²) >= 11 is 0. The Hall–Kier alpha value is -2.60. The van der Waals surface area contributed by atoms with Gasteiger partial charge in [0, 0.05) is 18.7 Å². The predicted octanol–water partition coefficient (Wildman–Crippen LogP) is 2.38. The van der Waals surface area contributed by atoms with E-state index in [4.69, 9.17) is 4.74 Å². The summed E-state index contributed by atoms with van der Waals surface area (Å²) in [4.78, 5) is 18.4. The van der Waals surface area contributed by atoms with Crippen LogP contribution in [0.15, 0.2) is 42.6 Å². The molecule has 1 amide bonds. The summed E-state index contributed by atoms with van der Waals surface area (Å²) in [5, 5.41) is 6.17. The summed E-state index contributed by atoms with van der Waals surface area (Å²) in [6.07, 6.45) is 2.58. The highest BCUT2D eigenvalue weighted by atomic mass is 16.5. The number of ether oxygens (including phenoxy) is 1. The summed E-state index contributed by atoms with van der Waals surface area (Å²) in [5.41, 5.74) is 2.34. The third kappa shape index (κ3) is 6.08. The van der Waals surface area contributed by atoms with Crippen molar-refractivity contribution in [2.24, 2.45) is 0 Å². The quantitative estimate of drug-likeness (QED) is 0.685. The molecule has 6 heteroatoms. The van der Waals surface area contributed by atoms with Crippen LogP contribution in [0.4, 0.5) is 5.69 Å². The van der Waals surface area contributed by atoms with Gasteiger partial charge in [-0.25, -0.2) is 4.98 Å². The van der Waals surface area contributed by atoms with Gasteiger partial charge in [-0.15, -0.1) is 0 Å². The van der Waals surface area contributed by atoms with Gasteiger partial charge in [-0.05, 0) is 45.3 Å². The second-order valence-electron chi connectivity index (χ2n) is 6.01. The maximum atomic E-state index is 12.0. The molecule has 0 aliphatic heterocycles. The van der Waals surface area contributed by atoms with Gasteiger partial charge in [0.05, 0.1) is 19.0 Å². The first-order chi connectivity index (χ1) is 12.1. The average molecular weight is 342 g/mol. The summed E-state index contributed by atoms with van der Waals surface area (Å²) in [5.74, 6) is 0.701. The number of anilines is 1. The Morgan fingerprint density at radius 3 is 2.68 bits per heavy atom. The molecule has 0 fully saturated rings. The molecule has 0 bridgehead atoms. The van der Waals surface area contributed by atoms with Crippen LogP contribution in [0.3, 0.4) is 0 Å². The van der Waals surface area contributed by atoms with Crippen molar-refractivity contribution in [2.45, 2.75) is 13.0 Å². The number of aromatic nitrogens is 1. The molecule has 2 rings (SSSR count). The smallest absolute Gasteiger partial charge is 0.269 e. The number of hydrogen-bond acceptors (Lipinski definition) is 5. The zero-order valence-electron chi connectivity index (χ0n) is 15.1. The number of para-hydroxylation sites is 1. The van der Waals surface area contributed by atoms with Crippen LogP contribution >= 0.6 is 0 Å². The standard InChI is InChI=1S/C19H26N4O2/c1-23(2)12-6-11-20-19(24)17-10-9-16(14-22-17)21-13-15-7-4-5-8-18(15)25-3/h4-5,7-10,14,21H,6,11-13H2,1-3H3,(H,20,24). The van der Waals surface area contributed by atoms with E-state index in [1.165, 1.54) is 0 Å². The van der Waals surface area contributed by atoms with Crippen LogP contribution < -0.4 is 15.4 Å². The first-order valence-corrected chi connectivity index (χ1v) is 8.35. The van der Waals surface area contributed by atoms with E-state index < -0.39 is 0 Å². The Morgan fingerprint density at radius 2 is 2.00 bits per heavy atom. The molecule has 0 aliphatic carbocycles. The highest BCUT2D eigenvalue weighted by Crippen LogP contribution is 2.18. The fourth-order valence-corrected chi connectivity index (χ4v) is 2.37. The van der Waals surface area contributed by atoms with Crippen LogP contribution in [-0.2, 0) is 6.54 Å². The molecule has 2 N–H and O–H groups in total. The molecule has 1 heterocycles. The number of carbonyl (C=O) groups is 1. The maximum Gasteiger partial charge on any atom is 0.269 e. The van der Waals surface area contributed by atoms with Crippen molar-refractivity contribution in [1.29, 1.82) is 0 Å². The van der Waals surface area contributed by atoms with Gasteiger partial charge in [0.25, 0.3) is 5.91 Å². The lowest BCUT2D eigenvalue weighted by molar-refractivity contribution is 0.0947. The molecule has 0 radical (unpaired) electrons. The fourth-order valence-electron chi connectivity index (χ4n) is 2.37. The van der Waals surface area contributed by atoms with E-state index in [2.05, 4.69) is 20.5 Å². The Kier molecular flexibility index (Phi) is 7.22. The first-order valence-electron chi connectivity index (χ1n) is 8.35. The van der Waals surface area contributed by atoms with Gasteiger partial charge in [-0.1, -0.05) is 18.2 Å². The second-order valence-corrected chi connectivity index (χ2v) is 6.01. The minimum Gasteiger partial charge on any atom is -0.496 e. The van der Waals surface area contributed by atoms with E-state index in [1.54, 1.807) is 19.4 Å². The predicted molar refractivity (Wildman–Crippen MR) is 100 cm³/mol. The van der Waals surface area contributed by atoms with E-state index in [9.17, 15) is 4.79 Å². The molecule has 1 aromatic carbocycles. The largest absolute Gasteiger partial charge is 0.496 e. The van der Waals surface area contributed by atoms with Crippen molar-refractivity contribution >= 4 is 11.6 Å². The molecule has 0 aliphatic rings. The number of carbonyl (C=O) groups excluding carboxylic acids is 1. The van der Waals surface area contributed by atoms with Crippen molar-refractivity contribution < 1.29 is 9.53 Å². The van der Waals surface area contributed by atoms with Gasteiger partial charge < -0.3 is 20.3 Å². The van der Waals surface area contributed by atoms with E-state index >= 15 is 0 Å². The zero-order chi connectivity index (χ0) is 18.1. The van der Waals surface area contributed by atoms with Crippen LogP contribution in [0, 0.1) is 0 Å². The summed E-state index contributed by atoms with van der Waals surface area (Å²) < 4.78 is 5.33. The minimum atomic E-state index is -0.143. The zero-order valence-corrected chi connectivity index (χ0v) is 15.1. The molecule has 0 spiro atoms. The van der Waals surface area contributed by atoms with Crippen molar-refractivity contribution in [3.63, 3.8) is 0 Å². The number of nitrogens with zero attached hydrogens (tertiary/aromatic N) is 2. The van der Waals surface area contributed by atoms with Gasteiger partial charge in [0.2, 0.25) is 0 Å². The van der Waals surface area contributed by atoms with Crippen molar-refractivity contribution in [1.82, 2.24) is 15.2 Å². The van der Waals surface area contributed by atoms with Gasteiger partial charge in [-0.3, -0.25) is 4.79 Å². The molecule has 6 nitrogen and oxygen atoms in total. The minimum absolute atomic E-state index is 0.143. The molecule has 25 heavy (non-hydrogen) atoms. The summed E-state index contributed by atoms with van der Waals surface area (Å²) in [6, 6.07) is 11.4. The highest BCUT2D eigenvalue weighted by molar-refractivity contribution is 5.92. The Balaban J connectivity index is 1.84. The highest BCUT2D eigenvalue weighted by Gasteiger charge is 2.07. The normalized spacial score (nSPS) is 10.6. The molecule has 1 aromatic heterocycles. The maximum absolute atomic E-state index is 12.0. The molecule has 0 saturated carbocycles. The molecule has 0 unspecified atom stereocenters. The first kappa shape index (κ1) is 18.7. The molecule has 2 aromatic rings. The lowest BCUT2D eigenvalue weighted by atomic mass is 10.2. The lowest BCUT2D eigenvalue weighted by Gasteiger charge is -2.11. The number of methoxy groups -OCH3 is 1.